The third-order valence-corrected chi connectivity index (χ3v) is 2.46. The predicted octanol–water partition coefficient (Wildman–Crippen LogP) is 2.56. The Morgan fingerprint density at radius 1 is 1.38 bits per heavy atom. The van der Waals surface area contributed by atoms with E-state index in [9.17, 15) is 0 Å². The van der Waals surface area contributed by atoms with E-state index in [1.54, 1.807) is 7.11 Å². The Morgan fingerprint density at radius 3 is 2.23 bits per heavy atom. The van der Waals surface area contributed by atoms with E-state index in [1.807, 2.05) is 6.92 Å². The molecule has 0 rings (SSSR count). The van der Waals surface area contributed by atoms with Crippen LogP contribution >= 0.6 is 0 Å². The topological polar surface area (TPSA) is 21.3 Å². The number of methoxy groups -OCH3 is 1. The summed E-state index contributed by atoms with van der Waals surface area (Å²) in [7, 11) is 1.70. The van der Waals surface area contributed by atoms with Crippen LogP contribution in [-0.2, 0) is 4.74 Å². The smallest absolute Gasteiger partial charge is 0.0931 e. The second-order valence-corrected chi connectivity index (χ2v) is 3.81. The van der Waals surface area contributed by atoms with Crippen LogP contribution in [0.2, 0.25) is 0 Å². The summed E-state index contributed by atoms with van der Waals surface area (Å²) in [5, 5.41) is 3.40. The summed E-state index contributed by atoms with van der Waals surface area (Å²) in [5.74, 6) is 0.630. The fourth-order valence-electron chi connectivity index (χ4n) is 1.24. The summed E-state index contributed by atoms with van der Waals surface area (Å²) in [4.78, 5) is 0. The lowest BCUT2D eigenvalue weighted by molar-refractivity contribution is 0.137. The van der Waals surface area contributed by atoms with Gasteiger partial charge in [0.1, 0.15) is 0 Å². The van der Waals surface area contributed by atoms with Crippen LogP contribution in [0.4, 0.5) is 0 Å². The predicted molar refractivity (Wildman–Crippen MR) is 57.7 cm³/mol. The van der Waals surface area contributed by atoms with Crippen LogP contribution in [0.15, 0.2) is 12.3 Å². The van der Waals surface area contributed by atoms with Crippen LogP contribution in [0, 0.1) is 5.92 Å². The molecular formula is C11H23NO. The normalized spacial score (nSPS) is 15.5. The molecule has 2 atom stereocenters. The number of hydrogen-bond acceptors (Lipinski definition) is 2. The molecule has 0 spiro atoms. The summed E-state index contributed by atoms with van der Waals surface area (Å²) < 4.78 is 5.18. The number of ether oxygens (including phenoxy) is 1. The van der Waals surface area contributed by atoms with Crippen molar-refractivity contribution >= 4 is 0 Å². The molecule has 0 aliphatic rings. The average molecular weight is 185 g/mol. The number of hydrogen-bond donors (Lipinski definition) is 1. The molecule has 0 saturated carbocycles. The maximum absolute atomic E-state index is 5.18. The minimum absolute atomic E-state index is 0.0906. The van der Waals surface area contributed by atoms with Crippen molar-refractivity contribution in [2.24, 2.45) is 5.92 Å². The molecule has 0 fully saturated rings. The highest BCUT2D eigenvalue weighted by atomic mass is 16.5. The molecule has 13 heavy (non-hydrogen) atoms. The molecule has 0 aromatic carbocycles. The summed E-state index contributed by atoms with van der Waals surface area (Å²) >= 11 is 0. The molecule has 2 nitrogen and oxygen atoms in total. The van der Waals surface area contributed by atoms with Gasteiger partial charge in [0.25, 0.3) is 0 Å². The summed E-state index contributed by atoms with van der Waals surface area (Å²) in [6, 6.07) is 0.505. The van der Waals surface area contributed by atoms with Crippen LogP contribution < -0.4 is 5.32 Å². The molecule has 2 heteroatoms. The average Bonchev–Trinajstić information content (AvgIpc) is 2.11. The van der Waals surface area contributed by atoms with Crippen molar-refractivity contribution in [3.8, 4) is 0 Å². The van der Waals surface area contributed by atoms with E-state index in [4.69, 9.17) is 4.74 Å². The molecule has 0 bridgehead atoms. The van der Waals surface area contributed by atoms with Crippen LogP contribution in [0.1, 0.15) is 34.1 Å². The van der Waals surface area contributed by atoms with Crippen LogP contribution in [-0.4, -0.2) is 19.3 Å². The molecule has 0 aromatic rings. The zero-order valence-electron chi connectivity index (χ0n) is 9.55. The highest BCUT2D eigenvalue weighted by molar-refractivity contribution is 5.00. The van der Waals surface area contributed by atoms with Crippen molar-refractivity contribution < 1.29 is 4.74 Å². The molecule has 78 valence electrons. The molecule has 1 N–H and O–H groups in total. The van der Waals surface area contributed by atoms with Crippen LogP contribution in [0.3, 0.4) is 0 Å². The van der Waals surface area contributed by atoms with E-state index < -0.39 is 0 Å². The van der Waals surface area contributed by atoms with Gasteiger partial charge < -0.3 is 10.1 Å². The van der Waals surface area contributed by atoms with Crippen molar-refractivity contribution in [1.82, 2.24) is 5.32 Å². The first kappa shape index (κ1) is 12.5. The van der Waals surface area contributed by atoms with Crippen molar-refractivity contribution in [1.29, 1.82) is 0 Å². The van der Waals surface area contributed by atoms with E-state index in [2.05, 4.69) is 32.7 Å². The van der Waals surface area contributed by atoms with Gasteiger partial charge in [0.2, 0.25) is 0 Å². The van der Waals surface area contributed by atoms with E-state index in [1.165, 1.54) is 0 Å². The molecule has 0 radical (unpaired) electrons. The molecule has 0 unspecified atom stereocenters. The monoisotopic (exact) mass is 185 g/mol. The molecule has 0 aromatic heterocycles. The summed E-state index contributed by atoms with van der Waals surface area (Å²) in [5.41, 5.74) is 0.975. The zero-order chi connectivity index (χ0) is 10.4. The third-order valence-electron chi connectivity index (χ3n) is 2.46. The van der Waals surface area contributed by atoms with Gasteiger partial charge in [-0.05, 0) is 19.3 Å². The minimum atomic E-state index is 0.0906. The largest absolute Gasteiger partial charge is 0.384 e. The van der Waals surface area contributed by atoms with Crippen LogP contribution in [0.25, 0.3) is 0 Å². The first-order valence-corrected chi connectivity index (χ1v) is 5.01. The Morgan fingerprint density at radius 2 is 1.92 bits per heavy atom. The zero-order valence-corrected chi connectivity index (χ0v) is 9.55. The SMILES string of the molecule is C=C(N[C@@H](CC)C(C)C)[C@H](C)OC. The summed E-state index contributed by atoms with van der Waals surface area (Å²) in [6.07, 6.45) is 1.21. The third kappa shape index (κ3) is 4.32. The molecule has 0 heterocycles. The van der Waals surface area contributed by atoms with Gasteiger partial charge in [0.15, 0.2) is 0 Å². The Hall–Kier alpha value is -0.500. The molecular weight excluding hydrogens is 162 g/mol. The van der Waals surface area contributed by atoms with Crippen molar-refractivity contribution in [3.05, 3.63) is 12.3 Å². The van der Waals surface area contributed by atoms with Gasteiger partial charge in [-0.1, -0.05) is 27.4 Å². The Balaban J connectivity index is 4.01. The molecule has 0 aliphatic heterocycles. The lowest BCUT2D eigenvalue weighted by Gasteiger charge is -2.25. The highest BCUT2D eigenvalue weighted by Gasteiger charge is 2.13. The van der Waals surface area contributed by atoms with Gasteiger partial charge in [-0.25, -0.2) is 0 Å². The second kappa shape index (κ2) is 6.03. The van der Waals surface area contributed by atoms with E-state index >= 15 is 0 Å². The lowest BCUT2D eigenvalue weighted by atomic mass is 10.0. The first-order valence-electron chi connectivity index (χ1n) is 5.01. The minimum Gasteiger partial charge on any atom is -0.384 e. The van der Waals surface area contributed by atoms with Crippen molar-refractivity contribution in [2.75, 3.05) is 7.11 Å². The van der Waals surface area contributed by atoms with Gasteiger partial charge in [-0.3, -0.25) is 0 Å². The van der Waals surface area contributed by atoms with Crippen molar-refractivity contribution in [3.63, 3.8) is 0 Å². The lowest BCUT2D eigenvalue weighted by Crippen LogP contribution is -2.35. The number of rotatable bonds is 6. The van der Waals surface area contributed by atoms with Crippen LogP contribution in [0.5, 0.6) is 0 Å². The quantitative estimate of drug-likeness (QED) is 0.686. The molecule has 0 amide bonds. The van der Waals surface area contributed by atoms with Gasteiger partial charge in [-0.15, -0.1) is 0 Å². The molecule has 0 aliphatic carbocycles. The maximum atomic E-state index is 5.18. The number of nitrogens with one attached hydrogen (secondary N) is 1. The second-order valence-electron chi connectivity index (χ2n) is 3.81. The van der Waals surface area contributed by atoms with Crippen molar-refractivity contribution in [2.45, 2.75) is 46.3 Å². The van der Waals surface area contributed by atoms with Gasteiger partial charge in [-0.2, -0.15) is 0 Å². The summed E-state index contributed by atoms with van der Waals surface area (Å²) in [6.45, 7) is 12.6. The fraction of sp³-hybridized carbons (Fsp3) is 0.818. The maximum Gasteiger partial charge on any atom is 0.0931 e. The van der Waals surface area contributed by atoms with Gasteiger partial charge in [0, 0.05) is 18.8 Å². The Kier molecular flexibility index (Phi) is 5.80. The standard InChI is InChI=1S/C11H23NO/c1-7-11(8(2)3)12-9(4)10(5)13-6/h8,10-12H,4,7H2,1-3,5-6H3/t10-,11-/m0/s1. The van der Waals surface area contributed by atoms with Gasteiger partial charge in [0.05, 0.1) is 6.10 Å². The van der Waals surface area contributed by atoms with Gasteiger partial charge >= 0.3 is 0 Å². The van der Waals surface area contributed by atoms with E-state index in [-0.39, 0.29) is 6.10 Å². The first-order chi connectivity index (χ1) is 6.02. The highest BCUT2D eigenvalue weighted by Crippen LogP contribution is 2.09. The molecule has 0 saturated heterocycles. The fourth-order valence-corrected chi connectivity index (χ4v) is 1.24. The Bertz CT molecular complexity index is 154. The van der Waals surface area contributed by atoms with E-state index in [0.717, 1.165) is 12.1 Å². The van der Waals surface area contributed by atoms with E-state index in [0.29, 0.717) is 12.0 Å². The Labute approximate surface area is 82.4 Å².